The Kier molecular flexibility index (Phi) is 4.88. The van der Waals surface area contributed by atoms with E-state index in [-0.39, 0.29) is 23.5 Å². The Hall–Kier alpha value is -1.15. The number of carbonyl (C=O) groups excluding carboxylic acids is 2. The fourth-order valence-electron chi connectivity index (χ4n) is 2.88. The number of hydrogen-bond donors (Lipinski definition) is 1. The van der Waals surface area contributed by atoms with Crippen LogP contribution in [-0.2, 0) is 19.6 Å². The number of hydrogen-bond acceptors (Lipinski definition) is 4. The highest BCUT2D eigenvalue weighted by Crippen LogP contribution is 2.23. The zero-order valence-electron chi connectivity index (χ0n) is 12.5. The molecule has 2 saturated heterocycles. The predicted molar refractivity (Wildman–Crippen MR) is 77.9 cm³/mol. The summed E-state index contributed by atoms with van der Waals surface area (Å²) in [7, 11) is -3.17. The van der Waals surface area contributed by atoms with Gasteiger partial charge in [0.1, 0.15) is 6.04 Å². The summed E-state index contributed by atoms with van der Waals surface area (Å²) >= 11 is 0. The SMILES string of the molecule is CCS(=O)(=O)N1CCC(C(=O)N2CCNC(=O)C2C)CC1. The Morgan fingerprint density at radius 1 is 1.29 bits per heavy atom. The van der Waals surface area contributed by atoms with E-state index in [2.05, 4.69) is 5.32 Å². The topological polar surface area (TPSA) is 86.8 Å². The summed E-state index contributed by atoms with van der Waals surface area (Å²) < 4.78 is 25.1. The van der Waals surface area contributed by atoms with Crippen molar-refractivity contribution in [2.24, 2.45) is 5.92 Å². The molecule has 2 aliphatic rings. The lowest BCUT2D eigenvalue weighted by Gasteiger charge is -2.37. The highest BCUT2D eigenvalue weighted by atomic mass is 32.2. The lowest BCUT2D eigenvalue weighted by Crippen LogP contribution is -2.57. The van der Waals surface area contributed by atoms with Gasteiger partial charge in [-0.1, -0.05) is 0 Å². The van der Waals surface area contributed by atoms with E-state index in [9.17, 15) is 18.0 Å². The van der Waals surface area contributed by atoms with Crippen molar-refractivity contribution in [1.29, 1.82) is 0 Å². The lowest BCUT2D eigenvalue weighted by atomic mass is 9.95. The van der Waals surface area contributed by atoms with Crippen molar-refractivity contribution in [3.63, 3.8) is 0 Å². The van der Waals surface area contributed by atoms with Gasteiger partial charge in [0, 0.05) is 32.1 Å². The highest BCUT2D eigenvalue weighted by Gasteiger charge is 2.36. The van der Waals surface area contributed by atoms with Gasteiger partial charge in [0.25, 0.3) is 0 Å². The Morgan fingerprint density at radius 2 is 1.90 bits per heavy atom. The van der Waals surface area contributed by atoms with Crippen molar-refractivity contribution < 1.29 is 18.0 Å². The van der Waals surface area contributed by atoms with Crippen LogP contribution in [-0.4, -0.2) is 67.4 Å². The predicted octanol–water partition coefficient (Wildman–Crippen LogP) is -0.605. The van der Waals surface area contributed by atoms with E-state index in [1.54, 1.807) is 18.7 Å². The molecule has 0 bridgehead atoms. The Bertz CT molecular complexity index is 512. The fourth-order valence-corrected chi connectivity index (χ4v) is 4.01. The molecule has 2 heterocycles. The van der Waals surface area contributed by atoms with Gasteiger partial charge in [-0.2, -0.15) is 0 Å². The maximum Gasteiger partial charge on any atom is 0.242 e. The maximum atomic E-state index is 12.5. The minimum Gasteiger partial charge on any atom is -0.353 e. The molecule has 0 aromatic heterocycles. The van der Waals surface area contributed by atoms with E-state index in [4.69, 9.17) is 0 Å². The molecule has 2 amide bonds. The molecule has 0 saturated carbocycles. The van der Waals surface area contributed by atoms with Gasteiger partial charge in [0.05, 0.1) is 5.75 Å². The zero-order valence-corrected chi connectivity index (χ0v) is 13.4. The minimum atomic E-state index is -3.17. The summed E-state index contributed by atoms with van der Waals surface area (Å²) in [6.07, 6.45) is 1.06. The van der Waals surface area contributed by atoms with Crippen LogP contribution in [0.3, 0.4) is 0 Å². The summed E-state index contributed by atoms with van der Waals surface area (Å²) in [5, 5.41) is 2.73. The molecule has 7 nitrogen and oxygen atoms in total. The Balaban J connectivity index is 1.96. The third kappa shape index (κ3) is 3.37. The summed E-state index contributed by atoms with van der Waals surface area (Å²) in [6.45, 7) is 5.14. The molecule has 1 unspecified atom stereocenters. The Morgan fingerprint density at radius 3 is 2.48 bits per heavy atom. The highest BCUT2D eigenvalue weighted by molar-refractivity contribution is 7.89. The van der Waals surface area contributed by atoms with Gasteiger partial charge in [0.15, 0.2) is 0 Å². The minimum absolute atomic E-state index is 0.0223. The summed E-state index contributed by atoms with van der Waals surface area (Å²) in [5.41, 5.74) is 0. The van der Waals surface area contributed by atoms with Gasteiger partial charge < -0.3 is 10.2 Å². The first kappa shape index (κ1) is 16.2. The number of nitrogens with zero attached hydrogens (tertiary/aromatic N) is 2. The molecule has 1 N–H and O–H groups in total. The van der Waals surface area contributed by atoms with Gasteiger partial charge in [0.2, 0.25) is 21.8 Å². The van der Waals surface area contributed by atoms with Crippen molar-refractivity contribution >= 4 is 21.8 Å². The van der Waals surface area contributed by atoms with Crippen LogP contribution < -0.4 is 5.32 Å². The number of piperazine rings is 1. The average molecular weight is 317 g/mol. The molecule has 0 aromatic rings. The van der Waals surface area contributed by atoms with Gasteiger partial charge in [-0.25, -0.2) is 12.7 Å². The molecular weight excluding hydrogens is 294 g/mol. The van der Waals surface area contributed by atoms with Crippen molar-refractivity contribution in [3.8, 4) is 0 Å². The van der Waals surface area contributed by atoms with Crippen LogP contribution in [0.5, 0.6) is 0 Å². The van der Waals surface area contributed by atoms with Crippen LogP contribution in [0.25, 0.3) is 0 Å². The fraction of sp³-hybridized carbons (Fsp3) is 0.846. The second-order valence-corrected chi connectivity index (χ2v) is 7.83. The van der Waals surface area contributed by atoms with Crippen LogP contribution in [0, 0.1) is 5.92 Å². The van der Waals surface area contributed by atoms with E-state index in [0.717, 1.165) is 0 Å². The van der Waals surface area contributed by atoms with Crippen LogP contribution in [0.2, 0.25) is 0 Å². The third-order valence-electron chi connectivity index (χ3n) is 4.34. The Labute approximate surface area is 125 Å². The number of amides is 2. The molecule has 21 heavy (non-hydrogen) atoms. The van der Waals surface area contributed by atoms with Crippen LogP contribution >= 0.6 is 0 Å². The standard InChI is InChI=1S/C13H23N3O4S/c1-3-21(19,20)15-7-4-11(5-8-15)13(18)16-9-6-14-12(17)10(16)2/h10-11H,3-9H2,1-2H3,(H,14,17). The van der Waals surface area contributed by atoms with Crippen LogP contribution in [0.4, 0.5) is 0 Å². The first-order valence-corrected chi connectivity index (χ1v) is 9.03. The van der Waals surface area contributed by atoms with E-state index < -0.39 is 16.1 Å². The molecule has 0 aromatic carbocycles. The maximum absolute atomic E-state index is 12.5. The van der Waals surface area contributed by atoms with Crippen molar-refractivity contribution in [2.45, 2.75) is 32.7 Å². The van der Waals surface area contributed by atoms with E-state index in [0.29, 0.717) is 39.0 Å². The van der Waals surface area contributed by atoms with E-state index >= 15 is 0 Å². The van der Waals surface area contributed by atoms with E-state index in [1.807, 2.05) is 0 Å². The lowest BCUT2D eigenvalue weighted by molar-refractivity contribution is -0.146. The monoisotopic (exact) mass is 317 g/mol. The molecule has 2 fully saturated rings. The summed E-state index contributed by atoms with van der Waals surface area (Å²) in [4.78, 5) is 25.8. The third-order valence-corrected chi connectivity index (χ3v) is 6.22. The smallest absolute Gasteiger partial charge is 0.242 e. The second-order valence-electron chi connectivity index (χ2n) is 5.57. The van der Waals surface area contributed by atoms with Gasteiger partial charge in [-0.05, 0) is 26.7 Å². The van der Waals surface area contributed by atoms with Crippen molar-refractivity contribution in [3.05, 3.63) is 0 Å². The van der Waals surface area contributed by atoms with Gasteiger partial charge >= 0.3 is 0 Å². The zero-order chi connectivity index (χ0) is 15.6. The summed E-state index contributed by atoms with van der Waals surface area (Å²) in [6, 6.07) is -0.441. The molecule has 0 radical (unpaired) electrons. The molecule has 1 atom stereocenters. The molecule has 120 valence electrons. The first-order valence-electron chi connectivity index (χ1n) is 7.43. The number of piperidine rings is 1. The van der Waals surface area contributed by atoms with Crippen molar-refractivity contribution in [1.82, 2.24) is 14.5 Å². The summed E-state index contributed by atoms with van der Waals surface area (Å²) in [5.74, 6) is -0.234. The largest absolute Gasteiger partial charge is 0.353 e. The van der Waals surface area contributed by atoms with Crippen molar-refractivity contribution in [2.75, 3.05) is 31.9 Å². The second kappa shape index (κ2) is 6.31. The van der Waals surface area contributed by atoms with E-state index in [1.165, 1.54) is 4.31 Å². The molecular formula is C13H23N3O4S. The van der Waals surface area contributed by atoms with Gasteiger partial charge in [-0.15, -0.1) is 0 Å². The molecule has 8 heteroatoms. The number of nitrogens with one attached hydrogen (secondary N) is 1. The molecule has 0 aliphatic carbocycles. The van der Waals surface area contributed by atoms with Crippen LogP contribution in [0.15, 0.2) is 0 Å². The average Bonchev–Trinajstić information content (AvgIpc) is 2.49. The molecule has 2 rings (SSSR count). The number of sulfonamides is 1. The quantitative estimate of drug-likeness (QED) is 0.753. The van der Waals surface area contributed by atoms with Crippen LogP contribution in [0.1, 0.15) is 26.7 Å². The first-order chi connectivity index (χ1) is 9.86. The van der Waals surface area contributed by atoms with Gasteiger partial charge in [-0.3, -0.25) is 9.59 Å². The number of carbonyl (C=O) groups is 2. The normalized spacial score (nSPS) is 25.7. The number of rotatable bonds is 3. The molecule has 0 spiro atoms. The molecule has 2 aliphatic heterocycles.